The number of H-pyrrole nitrogens is 2. The van der Waals surface area contributed by atoms with Crippen LogP contribution in [0.1, 0.15) is 10.5 Å². The Balaban J connectivity index is 2.28. The second-order valence-corrected chi connectivity index (χ2v) is 4.25. The molecule has 1 heterocycles. The molecule has 3 N–H and O–H groups in total. The average Bonchev–Trinajstić information content (AvgIpc) is 2.33. The minimum atomic E-state index is -0.888. The van der Waals surface area contributed by atoms with Crippen molar-refractivity contribution >= 4 is 34.8 Å². The number of aromatic amines is 2. The van der Waals surface area contributed by atoms with Gasteiger partial charge in [-0.25, -0.2) is 9.89 Å². The standard InChI is InChI=1S/C10H6Cl2N4O3/c11-5-2-1-4(3-6(5)12)13-8(17)7-9(18)14-10(19)16-15-7/h1-3H,(H,13,17)(H2,14,16,18,19). The molecule has 0 radical (unpaired) electrons. The van der Waals surface area contributed by atoms with Crippen LogP contribution in [0.2, 0.25) is 10.0 Å². The van der Waals surface area contributed by atoms with Gasteiger partial charge in [-0.05, 0) is 18.2 Å². The highest BCUT2D eigenvalue weighted by Crippen LogP contribution is 2.24. The van der Waals surface area contributed by atoms with Crippen molar-refractivity contribution in [3.63, 3.8) is 0 Å². The molecule has 7 nitrogen and oxygen atoms in total. The summed E-state index contributed by atoms with van der Waals surface area (Å²) < 4.78 is 0. The number of carbonyl (C=O) groups is 1. The van der Waals surface area contributed by atoms with Crippen molar-refractivity contribution in [2.75, 3.05) is 5.32 Å². The summed E-state index contributed by atoms with van der Waals surface area (Å²) in [6, 6.07) is 4.41. The molecule has 1 amide bonds. The number of nitrogens with zero attached hydrogens (tertiary/aromatic N) is 1. The van der Waals surface area contributed by atoms with Crippen molar-refractivity contribution < 1.29 is 4.79 Å². The van der Waals surface area contributed by atoms with Gasteiger partial charge in [0.1, 0.15) is 0 Å². The highest BCUT2D eigenvalue weighted by molar-refractivity contribution is 6.42. The molecular weight excluding hydrogens is 295 g/mol. The van der Waals surface area contributed by atoms with Gasteiger partial charge in [-0.2, -0.15) is 5.10 Å². The van der Waals surface area contributed by atoms with Crippen LogP contribution >= 0.6 is 23.2 Å². The predicted molar refractivity (Wildman–Crippen MR) is 69.9 cm³/mol. The molecule has 0 saturated carbocycles. The van der Waals surface area contributed by atoms with E-state index in [4.69, 9.17) is 23.2 Å². The molecule has 0 fully saturated rings. The van der Waals surface area contributed by atoms with Gasteiger partial charge in [0.05, 0.1) is 10.0 Å². The third-order valence-corrected chi connectivity index (χ3v) is 2.84. The van der Waals surface area contributed by atoms with E-state index >= 15 is 0 Å². The van der Waals surface area contributed by atoms with Crippen LogP contribution in [0.5, 0.6) is 0 Å². The minimum absolute atomic E-state index is 0.253. The Morgan fingerprint density at radius 2 is 1.95 bits per heavy atom. The lowest BCUT2D eigenvalue weighted by molar-refractivity contribution is 0.101. The zero-order valence-electron chi connectivity index (χ0n) is 9.16. The second kappa shape index (κ2) is 5.25. The first-order valence-corrected chi connectivity index (χ1v) is 5.68. The third kappa shape index (κ3) is 3.01. The lowest BCUT2D eigenvalue weighted by atomic mass is 10.3. The molecule has 0 atom stereocenters. The molecule has 2 aromatic rings. The number of hydrogen-bond donors (Lipinski definition) is 3. The number of amides is 1. The number of carbonyl (C=O) groups excluding carboxylic acids is 1. The van der Waals surface area contributed by atoms with Crippen molar-refractivity contribution in [3.8, 4) is 0 Å². The zero-order chi connectivity index (χ0) is 14.0. The van der Waals surface area contributed by atoms with Crippen LogP contribution in [0.4, 0.5) is 5.69 Å². The summed E-state index contributed by atoms with van der Waals surface area (Å²) in [4.78, 5) is 35.8. The van der Waals surface area contributed by atoms with Crippen molar-refractivity contribution in [3.05, 3.63) is 54.8 Å². The molecule has 1 aromatic carbocycles. The van der Waals surface area contributed by atoms with E-state index in [1.165, 1.54) is 18.2 Å². The molecule has 9 heteroatoms. The maximum absolute atomic E-state index is 11.8. The lowest BCUT2D eigenvalue weighted by Crippen LogP contribution is -2.32. The van der Waals surface area contributed by atoms with Crippen LogP contribution in [0.3, 0.4) is 0 Å². The summed E-state index contributed by atoms with van der Waals surface area (Å²) >= 11 is 11.5. The van der Waals surface area contributed by atoms with Crippen LogP contribution in [-0.2, 0) is 0 Å². The largest absolute Gasteiger partial charge is 0.342 e. The van der Waals surface area contributed by atoms with Gasteiger partial charge >= 0.3 is 5.69 Å². The van der Waals surface area contributed by atoms with Crippen molar-refractivity contribution in [1.82, 2.24) is 15.2 Å². The van der Waals surface area contributed by atoms with Crippen LogP contribution in [-0.4, -0.2) is 21.1 Å². The molecule has 2 rings (SSSR count). The van der Waals surface area contributed by atoms with Gasteiger partial charge in [0.25, 0.3) is 11.5 Å². The minimum Gasteiger partial charge on any atom is -0.320 e. The SMILES string of the molecule is O=C(Nc1ccc(Cl)c(Cl)c1)c1n[nH]c(=O)[nH]c1=O. The number of benzene rings is 1. The van der Waals surface area contributed by atoms with E-state index in [-0.39, 0.29) is 5.02 Å². The van der Waals surface area contributed by atoms with E-state index < -0.39 is 22.9 Å². The van der Waals surface area contributed by atoms with Gasteiger partial charge in [-0.15, -0.1) is 0 Å². The highest BCUT2D eigenvalue weighted by atomic mass is 35.5. The molecule has 19 heavy (non-hydrogen) atoms. The quantitative estimate of drug-likeness (QED) is 0.769. The van der Waals surface area contributed by atoms with E-state index in [0.717, 1.165) is 0 Å². The number of aromatic nitrogens is 3. The van der Waals surface area contributed by atoms with Crippen LogP contribution in [0.15, 0.2) is 27.8 Å². The summed E-state index contributed by atoms with van der Waals surface area (Å²) in [5, 5.41) is 8.31. The highest BCUT2D eigenvalue weighted by Gasteiger charge is 2.13. The first-order chi connectivity index (χ1) is 8.97. The topological polar surface area (TPSA) is 108 Å². The molecule has 0 aliphatic rings. The molecular formula is C10H6Cl2N4O3. The van der Waals surface area contributed by atoms with Crippen molar-refractivity contribution in [1.29, 1.82) is 0 Å². The Labute approximate surface area is 115 Å². The fourth-order valence-electron chi connectivity index (χ4n) is 1.27. The van der Waals surface area contributed by atoms with E-state index in [9.17, 15) is 14.4 Å². The molecule has 0 unspecified atom stereocenters. The maximum Gasteiger partial charge on any atom is 0.342 e. The fourth-order valence-corrected chi connectivity index (χ4v) is 1.56. The summed E-state index contributed by atoms with van der Waals surface area (Å²) in [5.74, 6) is -0.782. The summed E-state index contributed by atoms with van der Waals surface area (Å²) in [6.07, 6.45) is 0. The number of rotatable bonds is 2. The first kappa shape index (κ1) is 13.3. The normalized spacial score (nSPS) is 10.2. The van der Waals surface area contributed by atoms with Crippen LogP contribution in [0, 0.1) is 0 Å². The van der Waals surface area contributed by atoms with Gasteiger partial charge in [-0.1, -0.05) is 23.2 Å². The molecule has 0 spiro atoms. The summed E-state index contributed by atoms with van der Waals surface area (Å²) in [5.41, 5.74) is -1.81. The monoisotopic (exact) mass is 300 g/mol. The average molecular weight is 301 g/mol. The van der Waals surface area contributed by atoms with Gasteiger partial charge in [-0.3, -0.25) is 14.6 Å². The molecule has 98 valence electrons. The lowest BCUT2D eigenvalue weighted by Gasteiger charge is -2.04. The van der Waals surface area contributed by atoms with E-state index in [1.54, 1.807) is 0 Å². The fraction of sp³-hybridized carbons (Fsp3) is 0. The molecule has 0 aliphatic carbocycles. The van der Waals surface area contributed by atoms with Gasteiger partial charge < -0.3 is 5.32 Å². The van der Waals surface area contributed by atoms with E-state index in [2.05, 4.69) is 10.4 Å². The summed E-state index contributed by atoms with van der Waals surface area (Å²) in [6.45, 7) is 0. The smallest absolute Gasteiger partial charge is 0.320 e. The number of hydrogen-bond acceptors (Lipinski definition) is 4. The van der Waals surface area contributed by atoms with Gasteiger partial charge in [0, 0.05) is 5.69 Å². The van der Waals surface area contributed by atoms with Gasteiger partial charge in [0.2, 0.25) is 5.69 Å². The maximum atomic E-state index is 11.8. The van der Waals surface area contributed by atoms with E-state index in [1.807, 2.05) is 10.1 Å². The Bertz CT molecular complexity index is 753. The second-order valence-electron chi connectivity index (χ2n) is 3.44. The van der Waals surface area contributed by atoms with Crippen LogP contribution in [0.25, 0.3) is 0 Å². The Morgan fingerprint density at radius 3 is 2.58 bits per heavy atom. The van der Waals surface area contributed by atoms with Crippen molar-refractivity contribution in [2.45, 2.75) is 0 Å². The molecule has 0 bridgehead atoms. The van der Waals surface area contributed by atoms with Gasteiger partial charge in [0.15, 0.2) is 0 Å². The van der Waals surface area contributed by atoms with Crippen molar-refractivity contribution in [2.24, 2.45) is 0 Å². The van der Waals surface area contributed by atoms with E-state index in [0.29, 0.717) is 10.7 Å². The number of anilines is 1. The molecule has 0 aliphatic heterocycles. The predicted octanol–water partition coefficient (Wildman–Crippen LogP) is 1.02. The number of nitrogens with one attached hydrogen (secondary N) is 3. The zero-order valence-corrected chi connectivity index (χ0v) is 10.7. The molecule has 0 saturated heterocycles. The third-order valence-electron chi connectivity index (χ3n) is 2.10. The number of halogens is 2. The van der Waals surface area contributed by atoms with Crippen LogP contribution < -0.4 is 16.6 Å². The Kier molecular flexibility index (Phi) is 3.68. The Hall–Kier alpha value is -2.12. The first-order valence-electron chi connectivity index (χ1n) is 4.93. The summed E-state index contributed by atoms with van der Waals surface area (Å²) in [7, 11) is 0. The molecule has 1 aromatic heterocycles. The Morgan fingerprint density at radius 1 is 1.21 bits per heavy atom.